The molecule has 0 amide bonds. The Morgan fingerprint density at radius 2 is 2.08 bits per heavy atom. The highest BCUT2D eigenvalue weighted by atomic mass is 35.5. The van der Waals surface area contributed by atoms with Crippen molar-refractivity contribution in [3.63, 3.8) is 0 Å². The van der Waals surface area contributed by atoms with Crippen LogP contribution in [0.2, 0.25) is 5.02 Å². The van der Waals surface area contributed by atoms with Gasteiger partial charge in [0.2, 0.25) is 0 Å². The summed E-state index contributed by atoms with van der Waals surface area (Å²) >= 11 is 6.12. The summed E-state index contributed by atoms with van der Waals surface area (Å²) in [6, 6.07) is 11.9. The molecule has 2 N–H and O–H groups in total. The van der Waals surface area contributed by atoms with Gasteiger partial charge in [-0.15, -0.1) is 0 Å². The van der Waals surface area contributed by atoms with Gasteiger partial charge in [-0.05, 0) is 41.0 Å². The van der Waals surface area contributed by atoms with Gasteiger partial charge in [0.15, 0.2) is 0 Å². The summed E-state index contributed by atoms with van der Waals surface area (Å²) in [4.78, 5) is 3.90. The van der Waals surface area contributed by atoms with E-state index in [-0.39, 0.29) is 10.7 Å². The van der Waals surface area contributed by atoms with E-state index >= 15 is 0 Å². The Hall–Kier alpha value is -2.93. The van der Waals surface area contributed by atoms with Crippen LogP contribution in [0.1, 0.15) is 11.1 Å². The van der Waals surface area contributed by atoms with Gasteiger partial charge in [0.05, 0.1) is 28.9 Å². The molecule has 1 aromatic heterocycles. The first-order valence-corrected chi connectivity index (χ1v) is 9.08. The zero-order valence-electron chi connectivity index (χ0n) is 13.2. The lowest BCUT2D eigenvalue weighted by Gasteiger charge is -2.12. The summed E-state index contributed by atoms with van der Waals surface area (Å²) in [6.07, 6.45) is 3.00. The fraction of sp³-hybridized carbons (Fsp3) is 0.0625. The van der Waals surface area contributed by atoms with Gasteiger partial charge in [0.25, 0.3) is 0 Å². The van der Waals surface area contributed by atoms with Crippen molar-refractivity contribution in [2.24, 2.45) is 0 Å². The summed E-state index contributed by atoms with van der Waals surface area (Å²) in [6.45, 7) is 0.434. The van der Waals surface area contributed by atoms with Crippen LogP contribution >= 0.6 is 11.6 Å². The van der Waals surface area contributed by atoms with E-state index in [1.165, 1.54) is 12.4 Å². The monoisotopic (exact) mass is 389 g/mol. The number of rotatable bonds is 5. The van der Waals surface area contributed by atoms with Crippen molar-refractivity contribution in [2.75, 3.05) is 4.72 Å². The van der Waals surface area contributed by atoms with E-state index in [2.05, 4.69) is 16.2 Å². The Morgan fingerprint density at radius 1 is 1.27 bits per heavy atom. The van der Waals surface area contributed by atoms with Gasteiger partial charge in [-0.1, -0.05) is 23.7 Å². The van der Waals surface area contributed by atoms with Crippen molar-refractivity contribution in [3.8, 4) is 17.2 Å². The number of nitrogens with one attached hydrogen (secondary N) is 1. The van der Waals surface area contributed by atoms with Crippen LogP contribution in [0, 0.1) is 11.3 Å². The molecular weight excluding hydrogens is 378 g/mol. The fourth-order valence-corrected chi connectivity index (χ4v) is 3.19. The minimum atomic E-state index is -4.43. The van der Waals surface area contributed by atoms with Crippen molar-refractivity contribution < 1.29 is 13.0 Å². The van der Waals surface area contributed by atoms with E-state index < -0.39 is 10.3 Å². The lowest BCUT2D eigenvalue weighted by atomic mass is 9.97. The van der Waals surface area contributed by atoms with E-state index in [1.54, 1.807) is 35.3 Å². The molecule has 2 aromatic carbocycles. The average Bonchev–Trinajstić information content (AvgIpc) is 3.09. The molecule has 3 aromatic rings. The average molecular weight is 390 g/mol. The third-order valence-corrected chi connectivity index (χ3v) is 4.35. The minimum absolute atomic E-state index is 0.0483. The van der Waals surface area contributed by atoms with E-state index in [0.29, 0.717) is 17.7 Å². The van der Waals surface area contributed by atoms with Gasteiger partial charge in [0, 0.05) is 0 Å². The molecule has 132 valence electrons. The number of nitrogens with zero attached hydrogens (tertiary/aromatic N) is 4. The number of halogens is 1. The van der Waals surface area contributed by atoms with Gasteiger partial charge >= 0.3 is 10.3 Å². The molecule has 26 heavy (non-hydrogen) atoms. The second-order valence-corrected chi connectivity index (χ2v) is 6.91. The van der Waals surface area contributed by atoms with Crippen LogP contribution in [-0.2, 0) is 16.8 Å². The van der Waals surface area contributed by atoms with E-state index in [1.807, 2.05) is 10.8 Å². The predicted octanol–water partition coefficient (Wildman–Crippen LogP) is 2.73. The molecule has 1 heterocycles. The third-order valence-electron chi connectivity index (χ3n) is 3.56. The van der Waals surface area contributed by atoms with Gasteiger partial charge in [0.1, 0.15) is 12.7 Å². The predicted molar refractivity (Wildman–Crippen MR) is 95.9 cm³/mol. The zero-order chi connectivity index (χ0) is 18.7. The molecular formula is C16H12ClN5O3S. The molecule has 0 unspecified atom stereocenters. The Kier molecular flexibility index (Phi) is 4.90. The molecule has 0 aliphatic heterocycles. The lowest BCUT2D eigenvalue weighted by molar-refractivity contribution is 0.489. The molecule has 0 spiro atoms. The number of nitriles is 1. The SMILES string of the molecule is N#Cc1ccc(Cn2cncn2)c(-c2ccc(NS(=O)(=O)O)c(Cl)c2)c1. The zero-order valence-corrected chi connectivity index (χ0v) is 14.7. The summed E-state index contributed by atoms with van der Waals surface area (Å²) in [5.74, 6) is 0. The first-order valence-electron chi connectivity index (χ1n) is 7.26. The van der Waals surface area contributed by atoms with Crippen LogP contribution in [0.4, 0.5) is 5.69 Å². The van der Waals surface area contributed by atoms with Gasteiger partial charge in [-0.3, -0.25) is 9.27 Å². The fourth-order valence-electron chi connectivity index (χ4n) is 2.45. The highest BCUT2D eigenvalue weighted by Crippen LogP contribution is 2.32. The van der Waals surface area contributed by atoms with Crippen LogP contribution in [0.3, 0.4) is 0 Å². The second-order valence-electron chi connectivity index (χ2n) is 5.35. The number of hydrogen-bond donors (Lipinski definition) is 2. The Labute approximate surface area is 154 Å². The Bertz CT molecular complexity index is 1090. The molecule has 0 aliphatic rings. The van der Waals surface area contributed by atoms with Crippen molar-refractivity contribution >= 4 is 27.6 Å². The Balaban J connectivity index is 2.04. The molecule has 3 rings (SSSR count). The van der Waals surface area contributed by atoms with E-state index in [0.717, 1.165) is 11.1 Å². The first-order chi connectivity index (χ1) is 12.4. The van der Waals surface area contributed by atoms with Crippen LogP contribution in [0.15, 0.2) is 49.1 Å². The highest BCUT2D eigenvalue weighted by molar-refractivity contribution is 7.87. The van der Waals surface area contributed by atoms with Crippen molar-refractivity contribution in [2.45, 2.75) is 6.54 Å². The molecule has 0 fully saturated rings. The first kappa shape index (κ1) is 17.9. The van der Waals surface area contributed by atoms with Gasteiger partial charge < -0.3 is 0 Å². The molecule has 0 saturated heterocycles. The van der Waals surface area contributed by atoms with Crippen LogP contribution in [0.5, 0.6) is 0 Å². The summed E-state index contributed by atoms with van der Waals surface area (Å²) in [5, 5.41) is 13.4. The number of benzene rings is 2. The quantitative estimate of drug-likeness (QED) is 0.647. The highest BCUT2D eigenvalue weighted by Gasteiger charge is 2.12. The molecule has 0 saturated carbocycles. The minimum Gasteiger partial charge on any atom is -0.269 e. The van der Waals surface area contributed by atoms with Crippen molar-refractivity contribution in [1.82, 2.24) is 14.8 Å². The Morgan fingerprint density at radius 3 is 2.69 bits per heavy atom. The van der Waals surface area contributed by atoms with Crippen molar-refractivity contribution in [1.29, 1.82) is 5.26 Å². The molecule has 8 nitrogen and oxygen atoms in total. The maximum atomic E-state index is 11.0. The second kappa shape index (κ2) is 7.13. The number of anilines is 1. The maximum absolute atomic E-state index is 11.0. The molecule has 0 bridgehead atoms. The lowest BCUT2D eigenvalue weighted by Crippen LogP contribution is -2.10. The largest absolute Gasteiger partial charge is 0.357 e. The van der Waals surface area contributed by atoms with Crippen LogP contribution in [0.25, 0.3) is 11.1 Å². The van der Waals surface area contributed by atoms with E-state index in [9.17, 15) is 13.7 Å². The molecule has 0 atom stereocenters. The molecule has 0 radical (unpaired) electrons. The smallest absolute Gasteiger partial charge is 0.269 e. The third kappa shape index (κ3) is 4.18. The van der Waals surface area contributed by atoms with Gasteiger partial charge in [-0.2, -0.15) is 18.8 Å². The number of aromatic nitrogens is 3. The molecule has 10 heteroatoms. The normalized spacial score (nSPS) is 11.1. The van der Waals surface area contributed by atoms with Gasteiger partial charge in [-0.25, -0.2) is 9.67 Å². The van der Waals surface area contributed by atoms with Crippen molar-refractivity contribution in [3.05, 3.63) is 65.2 Å². The summed E-state index contributed by atoms with van der Waals surface area (Å²) < 4.78 is 34.4. The molecule has 0 aliphatic carbocycles. The topological polar surface area (TPSA) is 121 Å². The van der Waals surface area contributed by atoms with Crippen LogP contribution in [-0.4, -0.2) is 27.7 Å². The summed E-state index contributed by atoms with van der Waals surface area (Å²) in [7, 11) is -4.43. The van der Waals surface area contributed by atoms with Crippen LogP contribution < -0.4 is 4.72 Å². The van der Waals surface area contributed by atoms with E-state index in [4.69, 9.17) is 16.2 Å². The number of hydrogen-bond acceptors (Lipinski definition) is 5. The maximum Gasteiger partial charge on any atom is 0.357 e. The summed E-state index contributed by atoms with van der Waals surface area (Å²) in [5.41, 5.74) is 2.83. The standard InChI is InChI=1S/C16H12ClN5O3S/c17-15-6-12(3-4-16(15)21-26(23,24)25)14-5-11(7-18)1-2-13(14)8-22-10-19-9-20-22/h1-6,9-10,21H,8H2,(H,23,24,25).